The molecule has 24 heavy (non-hydrogen) atoms. The number of benzene rings is 2. The second-order valence-electron chi connectivity index (χ2n) is 5.20. The molecular formula is C15H15N3O5S. The van der Waals surface area contributed by atoms with Gasteiger partial charge in [-0.3, -0.25) is 14.8 Å². The van der Waals surface area contributed by atoms with E-state index in [1.165, 1.54) is 12.1 Å². The summed E-state index contributed by atoms with van der Waals surface area (Å²) in [5, 5.41) is 13.8. The molecule has 2 N–H and O–H groups in total. The number of rotatable bonds is 4. The number of nitrogens with one attached hydrogen (secondary N) is 2. The average Bonchev–Trinajstić information content (AvgIpc) is 2.79. The van der Waals surface area contributed by atoms with E-state index in [4.69, 9.17) is 4.74 Å². The van der Waals surface area contributed by atoms with E-state index >= 15 is 0 Å². The smallest absolute Gasteiger partial charge is 0.269 e. The molecule has 2 aromatic rings. The first kappa shape index (κ1) is 16.2. The van der Waals surface area contributed by atoms with Crippen LogP contribution in [0.3, 0.4) is 0 Å². The summed E-state index contributed by atoms with van der Waals surface area (Å²) in [5.74, 6) is 0.629. The van der Waals surface area contributed by atoms with Gasteiger partial charge in [0.25, 0.3) is 15.7 Å². The van der Waals surface area contributed by atoms with Gasteiger partial charge in [0.15, 0.2) is 0 Å². The van der Waals surface area contributed by atoms with E-state index in [1.54, 1.807) is 18.2 Å². The zero-order valence-electron chi connectivity index (χ0n) is 12.6. The van der Waals surface area contributed by atoms with E-state index in [1.807, 2.05) is 0 Å². The van der Waals surface area contributed by atoms with Crippen LogP contribution >= 0.6 is 0 Å². The SMILES string of the molecule is O=[N+]([O-])c1ccc(S(=O)(=O)Nc2ccc3c(c2)OCCNC3)cc1. The van der Waals surface area contributed by atoms with E-state index in [2.05, 4.69) is 10.0 Å². The van der Waals surface area contributed by atoms with Crippen molar-refractivity contribution in [2.24, 2.45) is 0 Å². The van der Waals surface area contributed by atoms with E-state index in [0.717, 1.165) is 24.2 Å². The van der Waals surface area contributed by atoms with Gasteiger partial charge < -0.3 is 10.1 Å². The summed E-state index contributed by atoms with van der Waals surface area (Å²) in [6.07, 6.45) is 0. The lowest BCUT2D eigenvalue weighted by molar-refractivity contribution is -0.384. The van der Waals surface area contributed by atoms with Crippen molar-refractivity contribution in [3.05, 3.63) is 58.1 Å². The predicted molar refractivity (Wildman–Crippen MR) is 87.5 cm³/mol. The highest BCUT2D eigenvalue weighted by atomic mass is 32.2. The third kappa shape index (κ3) is 3.47. The minimum Gasteiger partial charge on any atom is -0.492 e. The molecule has 0 radical (unpaired) electrons. The highest BCUT2D eigenvalue weighted by Gasteiger charge is 2.17. The number of ether oxygens (including phenoxy) is 1. The van der Waals surface area contributed by atoms with Gasteiger partial charge in [-0.15, -0.1) is 0 Å². The van der Waals surface area contributed by atoms with Gasteiger partial charge in [-0.1, -0.05) is 6.07 Å². The van der Waals surface area contributed by atoms with Crippen LogP contribution < -0.4 is 14.8 Å². The molecule has 0 saturated carbocycles. The Balaban J connectivity index is 1.84. The van der Waals surface area contributed by atoms with Crippen molar-refractivity contribution >= 4 is 21.4 Å². The molecule has 0 aromatic heterocycles. The lowest BCUT2D eigenvalue weighted by Crippen LogP contribution is -2.16. The van der Waals surface area contributed by atoms with E-state index in [0.29, 0.717) is 24.6 Å². The van der Waals surface area contributed by atoms with Crippen LogP contribution in [-0.4, -0.2) is 26.5 Å². The maximum absolute atomic E-state index is 12.4. The fraction of sp³-hybridized carbons (Fsp3) is 0.200. The zero-order valence-corrected chi connectivity index (χ0v) is 13.4. The van der Waals surface area contributed by atoms with Gasteiger partial charge >= 0.3 is 0 Å². The van der Waals surface area contributed by atoms with Crippen molar-refractivity contribution in [2.75, 3.05) is 17.9 Å². The minimum atomic E-state index is -3.84. The van der Waals surface area contributed by atoms with Crippen molar-refractivity contribution in [3.63, 3.8) is 0 Å². The van der Waals surface area contributed by atoms with E-state index in [-0.39, 0.29) is 10.6 Å². The number of hydrogen-bond acceptors (Lipinski definition) is 6. The molecule has 8 nitrogen and oxygen atoms in total. The number of anilines is 1. The minimum absolute atomic E-state index is 0.0503. The Labute approximate surface area is 138 Å². The largest absolute Gasteiger partial charge is 0.492 e. The van der Waals surface area contributed by atoms with Gasteiger partial charge in [-0.25, -0.2) is 8.42 Å². The van der Waals surface area contributed by atoms with Crippen molar-refractivity contribution < 1.29 is 18.1 Å². The van der Waals surface area contributed by atoms with Crippen molar-refractivity contribution in [3.8, 4) is 5.75 Å². The summed E-state index contributed by atoms with van der Waals surface area (Å²) >= 11 is 0. The van der Waals surface area contributed by atoms with Gasteiger partial charge in [0.1, 0.15) is 12.4 Å². The van der Waals surface area contributed by atoms with Gasteiger partial charge in [0.2, 0.25) is 0 Å². The van der Waals surface area contributed by atoms with Crippen LogP contribution in [0.5, 0.6) is 5.75 Å². The maximum Gasteiger partial charge on any atom is 0.269 e. The van der Waals surface area contributed by atoms with Crippen LogP contribution in [0.4, 0.5) is 11.4 Å². The first-order chi connectivity index (χ1) is 11.5. The molecule has 1 heterocycles. The lowest BCUT2D eigenvalue weighted by atomic mass is 10.2. The highest BCUT2D eigenvalue weighted by molar-refractivity contribution is 7.92. The molecule has 2 aromatic carbocycles. The molecule has 0 atom stereocenters. The Hall–Kier alpha value is -2.65. The Morgan fingerprint density at radius 2 is 1.92 bits per heavy atom. The van der Waals surface area contributed by atoms with Crippen LogP contribution in [-0.2, 0) is 16.6 Å². The van der Waals surface area contributed by atoms with Crippen LogP contribution in [0.15, 0.2) is 47.4 Å². The summed E-state index contributed by atoms with van der Waals surface area (Å²) in [5.41, 5.74) is 1.15. The molecule has 0 aliphatic carbocycles. The summed E-state index contributed by atoms with van der Waals surface area (Å²) in [7, 11) is -3.84. The number of sulfonamides is 1. The molecule has 126 valence electrons. The molecule has 0 spiro atoms. The van der Waals surface area contributed by atoms with Crippen molar-refractivity contribution in [1.29, 1.82) is 0 Å². The third-order valence-electron chi connectivity index (χ3n) is 3.53. The van der Waals surface area contributed by atoms with Crippen LogP contribution in [0, 0.1) is 10.1 Å². The topological polar surface area (TPSA) is 111 Å². The molecule has 0 amide bonds. The fourth-order valence-corrected chi connectivity index (χ4v) is 3.37. The predicted octanol–water partition coefficient (Wildman–Crippen LogP) is 1.88. The Morgan fingerprint density at radius 3 is 2.62 bits per heavy atom. The normalized spacial score (nSPS) is 14.2. The second kappa shape index (κ2) is 6.46. The molecule has 1 aliphatic heterocycles. The van der Waals surface area contributed by atoms with E-state index < -0.39 is 14.9 Å². The summed E-state index contributed by atoms with van der Waals surface area (Å²) in [6.45, 7) is 1.88. The molecule has 9 heteroatoms. The molecule has 0 bridgehead atoms. The molecular weight excluding hydrogens is 334 g/mol. The number of nitro benzene ring substituents is 1. The number of non-ortho nitro benzene ring substituents is 1. The quantitative estimate of drug-likeness (QED) is 0.644. The highest BCUT2D eigenvalue weighted by Crippen LogP contribution is 2.26. The van der Waals surface area contributed by atoms with Crippen LogP contribution in [0.1, 0.15) is 5.56 Å². The monoisotopic (exact) mass is 349 g/mol. The van der Waals surface area contributed by atoms with Gasteiger partial charge in [-0.2, -0.15) is 0 Å². The van der Waals surface area contributed by atoms with Gasteiger partial charge in [0, 0.05) is 36.9 Å². The molecule has 1 aliphatic rings. The number of hydrogen-bond donors (Lipinski definition) is 2. The Kier molecular flexibility index (Phi) is 4.36. The second-order valence-corrected chi connectivity index (χ2v) is 6.89. The summed E-state index contributed by atoms with van der Waals surface area (Å²) < 4.78 is 32.8. The summed E-state index contributed by atoms with van der Waals surface area (Å²) in [6, 6.07) is 9.78. The first-order valence-electron chi connectivity index (χ1n) is 7.19. The number of nitrogens with zero attached hydrogens (tertiary/aromatic N) is 1. The zero-order chi connectivity index (χ0) is 17.2. The van der Waals surface area contributed by atoms with E-state index in [9.17, 15) is 18.5 Å². The van der Waals surface area contributed by atoms with Crippen LogP contribution in [0.25, 0.3) is 0 Å². The maximum atomic E-state index is 12.4. The Morgan fingerprint density at radius 1 is 1.17 bits per heavy atom. The van der Waals surface area contributed by atoms with Crippen LogP contribution in [0.2, 0.25) is 0 Å². The Bertz CT molecular complexity index is 865. The standard InChI is InChI=1S/C15H15N3O5S/c19-18(20)13-3-5-14(6-4-13)24(21,22)17-12-2-1-11-10-16-7-8-23-15(11)9-12/h1-6,9,16-17H,7-8,10H2. The molecule has 0 fully saturated rings. The van der Waals surface area contributed by atoms with Gasteiger partial charge in [0.05, 0.1) is 15.5 Å². The number of nitro groups is 1. The third-order valence-corrected chi connectivity index (χ3v) is 4.93. The van der Waals surface area contributed by atoms with Crippen molar-refractivity contribution in [1.82, 2.24) is 5.32 Å². The first-order valence-corrected chi connectivity index (χ1v) is 8.68. The van der Waals surface area contributed by atoms with Crippen molar-refractivity contribution in [2.45, 2.75) is 11.4 Å². The fourth-order valence-electron chi connectivity index (χ4n) is 2.32. The summed E-state index contributed by atoms with van der Waals surface area (Å²) in [4.78, 5) is 10.0. The average molecular weight is 349 g/mol. The lowest BCUT2D eigenvalue weighted by Gasteiger charge is -2.11. The number of fused-ring (bicyclic) bond motifs is 1. The molecule has 0 unspecified atom stereocenters. The molecule has 0 saturated heterocycles. The van der Waals surface area contributed by atoms with Gasteiger partial charge in [-0.05, 0) is 18.2 Å². The molecule has 3 rings (SSSR count).